The summed E-state index contributed by atoms with van der Waals surface area (Å²) >= 11 is 0. The van der Waals surface area contributed by atoms with Gasteiger partial charge in [0, 0.05) is 26.2 Å². The van der Waals surface area contributed by atoms with Crippen molar-refractivity contribution in [2.24, 2.45) is 5.73 Å². The fraction of sp³-hybridized carbons (Fsp3) is 1.00. The molecule has 4 nitrogen and oxygen atoms in total. The summed E-state index contributed by atoms with van der Waals surface area (Å²) < 4.78 is 5.87. The maximum absolute atomic E-state index is 5.87. The van der Waals surface area contributed by atoms with Crippen LogP contribution in [0.1, 0.15) is 44.9 Å². The number of unbranched alkanes of at least 4 members (excludes halogenated alkanes) is 2. The molecule has 118 valence electrons. The van der Waals surface area contributed by atoms with Crippen molar-refractivity contribution in [2.75, 3.05) is 52.4 Å². The van der Waals surface area contributed by atoms with Crippen molar-refractivity contribution in [3.05, 3.63) is 0 Å². The minimum Gasteiger partial charge on any atom is -0.377 e. The molecule has 2 N–H and O–H groups in total. The maximum Gasteiger partial charge on any atom is 0.0702 e. The van der Waals surface area contributed by atoms with Crippen LogP contribution in [-0.4, -0.2) is 68.3 Å². The minimum atomic E-state index is 0.500. The fourth-order valence-electron chi connectivity index (χ4n) is 3.33. The number of nitrogens with zero attached hydrogens (tertiary/aromatic N) is 2. The topological polar surface area (TPSA) is 41.7 Å². The van der Waals surface area contributed by atoms with Crippen LogP contribution in [0.4, 0.5) is 0 Å². The van der Waals surface area contributed by atoms with Crippen LogP contribution in [0, 0.1) is 0 Å². The number of nitrogens with two attached hydrogens (primary N) is 1. The lowest BCUT2D eigenvalue weighted by Gasteiger charge is -2.29. The number of rotatable bonds is 7. The number of ether oxygens (including phenoxy) is 1. The van der Waals surface area contributed by atoms with Crippen LogP contribution >= 0.6 is 0 Å². The van der Waals surface area contributed by atoms with Crippen LogP contribution in [0.15, 0.2) is 0 Å². The highest BCUT2D eigenvalue weighted by molar-refractivity contribution is 4.74. The van der Waals surface area contributed by atoms with Gasteiger partial charge in [-0.3, -0.25) is 4.90 Å². The molecule has 0 radical (unpaired) electrons. The average molecular weight is 283 g/mol. The Kier molecular flexibility index (Phi) is 7.88. The summed E-state index contributed by atoms with van der Waals surface area (Å²) in [4.78, 5) is 5.26. The van der Waals surface area contributed by atoms with E-state index in [-0.39, 0.29) is 0 Å². The molecule has 0 amide bonds. The number of hydrogen-bond donors (Lipinski definition) is 1. The lowest BCUT2D eigenvalue weighted by molar-refractivity contribution is -0.00498. The SMILES string of the molecule is NCCCCCN1CCCN(CC2CCCCO2)CC1. The Balaban J connectivity index is 1.61. The van der Waals surface area contributed by atoms with Crippen LogP contribution in [-0.2, 0) is 4.74 Å². The van der Waals surface area contributed by atoms with Gasteiger partial charge in [-0.05, 0) is 64.7 Å². The lowest BCUT2D eigenvalue weighted by Crippen LogP contribution is -2.38. The van der Waals surface area contributed by atoms with E-state index >= 15 is 0 Å². The van der Waals surface area contributed by atoms with Gasteiger partial charge in [-0.25, -0.2) is 0 Å². The van der Waals surface area contributed by atoms with Crippen molar-refractivity contribution in [1.29, 1.82) is 0 Å². The number of hydrogen-bond acceptors (Lipinski definition) is 4. The van der Waals surface area contributed by atoms with E-state index in [1.807, 2.05) is 0 Å². The molecule has 0 spiro atoms. The van der Waals surface area contributed by atoms with Gasteiger partial charge in [0.05, 0.1) is 6.10 Å². The third-order valence-corrected chi connectivity index (χ3v) is 4.60. The molecule has 1 atom stereocenters. The van der Waals surface area contributed by atoms with Crippen molar-refractivity contribution in [2.45, 2.75) is 51.0 Å². The molecule has 2 saturated heterocycles. The molecule has 0 aliphatic carbocycles. The van der Waals surface area contributed by atoms with Crippen LogP contribution in [0.25, 0.3) is 0 Å². The summed E-state index contributed by atoms with van der Waals surface area (Å²) in [7, 11) is 0. The quantitative estimate of drug-likeness (QED) is 0.722. The van der Waals surface area contributed by atoms with Gasteiger partial charge in [-0.1, -0.05) is 6.42 Å². The molecule has 2 rings (SSSR count). The first kappa shape index (κ1) is 16.2. The Morgan fingerprint density at radius 3 is 2.55 bits per heavy atom. The molecule has 0 aromatic rings. The molecule has 0 aromatic heterocycles. The Morgan fingerprint density at radius 1 is 0.900 bits per heavy atom. The zero-order valence-corrected chi connectivity index (χ0v) is 13.1. The van der Waals surface area contributed by atoms with Gasteiger partial charge < -0.3 is 15.4 Å². The van der Waals surface area contributed by atoms with Crippen molar-refractivity contribution in [1.82, 2.24) is 9.80 Å². The van der Waals surface area contributed by atoms with E-state index in [0.29, 0.717) is 6.10 Å². The van der Waals surface area contributed by atoms with Crippen molar-refractivity contribution in [3.8, 4) is 0 Å². The second-order valence-corrected chi connectivity index (χ2v) is 6.33. The summed E-state index contributed by atoms with van der Waals surface area (Å²) in [5, 5.41) is 0. The first-order chi connectivity index (χ1) is 9.88. The second kappa shape index (κ2) is 9.72. The van der Waals surface area contributed by atoms with Gasteiger partial charge >= 0.3 is 0 Å². The summed E-state index contributed by atoms with van der Waals surface area (Å²) in [5.41, 5.74) is 5.55. The van der Waals surface area contributed by atoms with Crippen molar-refractivity contribution >= 4 is 0 Å². The highest BCUT2D eigenvalue weighted by atomic mass is 16.5. The Labute approximate surface area is 124 Å². The molecule has 2 aliphatic heterocycles. The molecule has 2 aliphatic rings. The molecule has 0 saturated carbocycles. The zero-order chi connectivity index (χ0) is 14.0. The summed E-state index contributed by atoms with van der Waals surface area (Å²) in [6.45, 7) is 9.20. The van der Waals surface area contributed by atoms with Gasteiger partial charge in [-0.15, -0.1) is 0 Å². The largest absolute Gasteiger partial charge is 0.377 e. The fourth-order valence-corrected chi connectivity index (χ4v) is 3.33. The van der Waals surface area contributed by atoms with Gasteiger partial charge in [0.15, 0.2) is 0 Å². The molecular formula is C16H33N3O. The van der Waals surface area contributed by atoms with Crippen LogP contribution in [0.2, 0.25) is 0 Å². The molecule has 0 aromatic carbocycles. The van der Waals surface area contributed by atoms with E-state index in [4.69, 9.17) is 10.5 Å². The Bertz CT molecular complexity index is 244. The maximum atomic E-state index is 5.87. The van der Waals surface area contributed by atoms with Crippen LogP contribution in [0.3, 0.4) is 0 Å². The Morgan fingerprint density at radius 2 is 1.75 bits per heavy atom. The standard InChI is InChI=1S/C16H33N3O/c17-8-3-1-4-9-18-10-6-11-19(13-12-18)15-16-7-2-5-14-20-16/h16H,1-15,17H2. The van der Waals surface area contributed by atoms with Gasteiger partial charge in [0.1, 0.15) is 0 Å². The first-order valence-corrected chi connectivity index (χ1v) is 8.65. The van der Waals surface area contributed by atoms with E-state index < -0.39 is 0 Å². The summed E-state index contributed by atoms with van der Waals surface area (Å²) in [6, 6.07) is 0. The van der Waals surface area contributed by atoms with Crippen LogP contribution < -0.4 is 5.73 Å². The third kappa shape index (κ3) is 6.08. The molecular weight excluding hydrogens is 250 g/mol. The molecule has 2 fully saturated rings. The van der Waals surface area contributed by atoms with E-state index in [1.54, 1.807) is 0 Å². The predicted molar refractivity (Wildman–Crippen MR) is 84.0 cm³/mol. The minimum absolute atomic E-state index is 0.500. The van der Waals surface area contributed by atoms with Gasteiger partial charge in [0.2, 0.25) is 0 Å². The van der Waals surface area contributed by atoms with Gasteiger partial charge in [0.25, 0.3) is 0 Å². The predicted octanol–water partition coefficient (Wildman–Crippen LogP) is 1.69. The smallest absolute Gasteiger partial charge is 0.0702 e. The second-order valence-electron chi connectivity index (χ2n) is 6.33. The highest BCUT2D eigenvalue weighted by Gasteiger charge is 2.20. The van der Waals surface area contributed by atoms with Crippen molar-refractivity contribution < 1.29 is 4.74 Å². The van der Waals surface area contributed by atoms with Crippen molar-refractivity contribution in [3.63, 3.8) is 0 Å². The van der Waals surface area contributed by atoms with E-state index in [2.05, 4.69) is 9.80 Å². The molecule has 2 heterocycles. The third-order valence-electron chi connectivity index (χ3n) is 4.60. The molecule has 20 heavy (non-hydrogen) atoms. The van der Waals surface area contributed by atoms with Crippen LogP contribution in [0.5, 0.6) is 0 Å². The molecule has 4 heteroatoms. The van der Waals surface area contributed by atoms with E-state index in [0.717, 1.165) is 19.7 Å². The van der Waals surface area contributed by atoms with Gasteiger partial charge in [-0.2, -0.15) is 0 Å². The Hall–Kier alpha value is -0.160. The first-order valence-electron chi connectivity index (χ1n) is 8.65. The average Bonchev–Trinajstić information content (AvgIpc) is 2.70. The normalized spacial score (nSPS) is 26.6. The zero-order valence-electron chi connectivity index (χ0n) is 13.1. The van der Waals surface area contributed by atoms with E-state index in [9.17, 15) is 0 Å². The highest BCUT2D eigenvalue weighted by Crippen LogP contribution is 2.15. The molecule has 1 unspecified atom stereocenters. The summed E-state index contributed by atoms with van der Waals surface area (Å²) in [6.07, 6.45) is 9.45. The lowest BCUT2D eigenvalue weighted by atomic mass is 10.1. The monoisotopic (exact) mass is 283 g/mol. The summed E-state index contributed by atoms with van der Waals surface area (Å²) in [5.74, 6) is 0. The molecule has 0 bridgehead atoms. The van der Waals surface area contributed by atoms with E-state index in [1.165, 1.54) is 77.7 Å².